The van der Waals surface area contributed by atoms with Gasteiger partial charge in [-0.05, 0) is 6.92 Å². The second-order valence-electron chi connectivity index (χ2n) is 6.82. The minimum absolute atomic E-state index is 0.135. The number of hydrogen-bond donors (Lipinski definition) is 2. The van der Waals surface area contributed by atoms with E-state index in [1.807, 2.05) is 6.92 Å². The Bertz CT molecular complexity index is 1110. The summed E-state index contributed by atoms with van der Waals surface area (Å²) in [5.74, 6) is -1.40. The van der Waals surface area contributed by atoms with Gasteiger partial charge in [-0.2, -0.15) is 15.3 Å². The third kappa shape index (κ3) is 4.19. The normalized spacial score (nSPS) is 11.9. The van der Waals surface area contributed by atoms with Crippen LogP contribution in [0.4, 0.5) is 17.1 Å². The summed E-state index contributed by atoms with van der Waals surface area (Å²) in [6, 6.07) is 0. The highest BCUT2D eigenvalue weighted by Crippen LogP contribution is 2.20. The van der Waals surface area contributed by atoms with Crippen LogP contribution in [-0.2, 0) is 25.4 Å². The van der Waals surface area contributed by atoms with E-state index in [1.54, 1.807) is 25.7 Å². The monoisotopic (exact) mass is 415 g/mol. The lowest BCUT2D eigenvalue weighted by atomic mass is 10.1. The first kappa shape index (κ1) is 20.7. The molecule has 3 aromatic heterocycles. The lowest BCUT2D eigenvalue weighted by Gasteiger charge is -2.13. The third-order valence-corrected chi connectivity index (χ3v) is 4.63. The molecule has 0 bridgehead atoms. The van der Waals surface area contributed by atoms with Crippen LogP contribution in [0.5, 0.6) is 0 Å². The van der Waals surface area contributed by atoms with Crippen molar-refractivity contribution in [2.75, 3.05) is 10.6 Å². The molecular formula is C17H21N9O4. The smallest absolute Gasteiger partial charge is 0.306 e. The summed E-state index contributed by atoms with van der Waals surface area (Å²) >= 11 is 0. The van der Waals surface area contributed by atoms with Crippen molar-refractivity contribution in [3.8, 4) is 0 Å². The van der Waals surface area contributed by atoms with Crippen LogP contribution < -0.4 is 10.6 Å². The SMILES string of the molecule is Cc1c(NC(=O)c2c(NC(=O)C(C)Cn3cc([N+](=O)[O-])cn3)cnn2C)cnn1C. The molecule has 0 aromatic carbocycles. The zero-order chi connectivity index (χ0) is 22.0. The first-order valence-corrected chi connectivity index (χ1v) is 8.97. The molecule has 2 amide bonds. The van der Waals surface area contributed by atoms with Gasteiger partial charge in [0.05, 0.1) is 46.8 Å². The van der Waals surface area contributed by atoms with E-state index >= 15 is 0 Å². The molecule has 0 spiro atoms. The number of rotatable bonds is 7. The molecular weight excluding hydrogens is 394 g/mol. The van der Waals surface area contributed by atoms with Gasteiger partial charge < -0.3 is 10.6 Å². The van der Waals surface area contributed by atoms with Gasteiger partial charge in [-0.15, -0.1) is 0 Å². The molecule has 0 fully saturated rings. The summed E-state index contributed by atoms with van der Waals surface area (Å²) in [5, 5.41) is 28.2. The zero-order valence-corrected chi connectivity index (χ0v) is 16.9. The van der Waals surface area contributed by atoms with E-state index in [2.05, 4.69) is 25.9 Å². The maximum Gasteiger partial charge on any atom is 0.306 e. The maximum absolute atomic E-state index is 12.7. The van der Waals surface area contributed by atoms with E-state index in [1.165, 1.54) is 28.0 Å². The zero-order valence-electron chi connectivity index (χ0n) is 16.9. The fraction of sp³-hybridized carbons (Fsp3) is 0.353. The number of aryl methyl sites for hydroxylation is 2. The van der Waals surface area contributed by atoms with Crippen molar-refractivity contribution < 1.29 is 14.5 Å². The number of aromatic nitrogens is 6. The van der Waals surface area contributed by atoms with Crippen molar-refractivity contribution in [2.24, 2.45) is 20.0 Å². The summed E-state index contributed by atoms with van der Waals surface area (Å²) in [6.45, 7) is 3.60. The van der Waals surface area contributed by atoms with Crippen molar-refractivity contribution in [3.05, 3.63) is 46.3 Å². The topological polar surface area (TPSA) is 155 Å². The van der Waals surface area contributed by atoms with Crippen LogP contribution in [0.25, 0.3) is 0 Å². The molecule has 158 valence electrons. The van der Waals surface area contributed by atoms with Gasteiger partial charge in [-0.25, -0.2) is 0 Å². The number of nitro groups is 1. The minimum atomic E-state index is -0.568. The van der Waals surface area contributed by atoms with Gasteiger partial charge in [0.2, 0.25) is 5.91 Å². The molecule has 1 unspecified atom stereocenters. The number of anilines is 2. The summed E-state index contributed by atoms with van der Waals surface area (Å²) in [6.07, 6.45) is 5.29. The van der Waals surface area contributed by atoms with Gasteiger partial charge >= 0.3 is 5.69 Å². The Morgan fingerprint density at radius 3 is 2.37 bits per heavy atom. The molecule has 3 aromatic rings. The molecule has 0 radical (unpaired) electrons. The first-order valence-electron chi connectivity index (χ1n) is 8.97. The number of hydrogen-bond acceptors (Lipinski definition) is 7. The van der Waals surface area contributed by atoms with E-state index < -0.39 is 16.7 Å². The molecule has 1 atom stereocenters. The number of nitrogens with one attached hydrogen (secondary N) is 2. The third-order valence-electron chi connectivity index (χ3n) is 4.63. The van der Waals surface area contributed by atoms with Crippen molar-refractivity contribution in [1.29, 1.82) is 0 Å². The number of nitrogens with zero attached hydrogens (tertiary/aromatic N) is 7. The Morgan fingerprint density at radius 2 is 1.77 bits per heavy atom. The fourth-order valence-corrected chi connectivity index (χ4v) is 2.77. The quantitative estimate of drug-likeness (QED) is 0.432. The van der Waals surface area contributed by atoms with Gasteiger partial charge in [0.1, 0.15) is 18.1 Å². The Hall–Kier alpha value is -4.03. The average Bonchev–Trinajstić information content (AvgIpc) is 3.38. The summed E-state index contributed by atoms with van der Waals surface area (Å²) in [4.78, 5) is 35.5. The fourth-order valence-electron chi connectivity index (χ4n) is 2.77. The van der Waals surface area contributed by atoms with Gasteiger partial charge in [0, 0.05) is 14.1 Å². The molecule has 0 aliphatic rings. The number of carbonyl (C=O) groups is 2. The molecule has 13 heteroatoms. The Kier molecular flexibility index (Phi) is 5.62. The maximum atomic E-state index is 12.7. The highest BCUT2D eigenvalue weighted by Gasteiger charge is 2.23. The highest BCUT2D eigenvalue weighted by molar-refractivity contribution is 6.09. The van der Waals surface area contributed by atoms with Crippen LogP contribution in [0, 0.1) is 23.0 Å². The predicted octanol–water partition coefficient (Wildman–Crippen LogP) is 1.09. The lowest BCUT2D eigenvalue weighted by molar-refractivity contribution is -0.385. The molecule has 13 nitrogen and oxygen atoms in total. The lowest BCUT2D eigenvalue weighted by Crippen LogP contribution is -2.26. The molecule has 0 saturated heterocycles. The van der Waals surface area contributed by atoms with Gasteiger partial charge in [0.25, 0.3) is 5.91 Å². The second kappa shape index (κ2) is 8.14. The van der Waals surface area contributed by atoms with Crippen LogP contribution in [0.1, 0.15) is 23.1 Å². The van der Waals surface area contributed by atoms with Crippen LogP contribution in [-0.4, -0.2) is 46.1 Å². The van der Waals surface area contributed by atoms with Crippen LogP contribution in [0.15, 0.2) is 24.8 Å². The van der Waals surface area contributed by atoms with Crippen molar-refractivity contribution in [1.82, 2.24) is 29.3 Å². The van der Waals surface area contributed by atoms with Crippen LogP contribution in [0.3, 0.4) is 0 Å². The van der Waals surface area contributed by atoms with Crippen LogP contribution in [0.2, 0.25) is 0 Å². The average molecular weight is 415 g/mol. The van der Waals surface area contributed by atoms with E-state index in [0.717, 1.165) is 11.9 Å². The Labute approximate surface area is 170 Å². The van der Waals surface area contributed by atoms with E-state index in [9.17, 15) is 19.7 Å². The van der Waals surface area contributed by atoms with Gasteiger partial charge in [0.15, 0.2) is 0 Å². The van der Waals surface area contributed by atoms with E-state index in [0.29, 0.717) is 5.69 Å². The largest absolute Gasteiger partial charge is 0.322 e. The van der Waals surface area contributed by atoms with Gasteiger partial charge in [-0.1, -0.05) is 6.92 Å². The number of carbonyl (C=O) groups excluding carboxylic acids is 2. The number of amides is 2. The Balaban J connectivity index is 1.70. The van der Waals surface area contributed by atoms with Gasteiger partial charge in [-0.3, -0.25) is 33.7 Å². The highest BCUT2D eigenvalue weighted by atomic mass is 16.6. The summed E-state index contributed by atoms with van der Waals surface area (Å²) < 4.78 is 4.31. The molecule has 3 heterocycles. The predicted molar refractivity (Wildman–Crippen MR) is 106 cm³/mol. The first-order chi connectivity index (χ1) is 14.2. The Morgan fingerprint density at radius 1 is 1.10 bits per heavy atom. The molecule has 2 N–H and O–H groups in total. The molecule has 30 heavy (non-hydrogen) atoms. The van der Waals surface area contributed by atoms with Crippen molar-refractivity contribution in [3.63, 3.8) is 0 Å². The van der Waals surface area contributed by atoms with Crippen molar-refractivity contribution >= 4 is 28.9 Å². The van der Waals surface area contributed by atoms with E-state index in [-0.39, 0.29) is 29.5 Å². The van der Waals surface area contributed by atoms with E-state index in [4.69, 9.17) is 0 Å². The van der Waals surface area contributed by atoms with Crippen LogP contribution >= 0.6 is 0 Å². The standard InChI is InChI=1S/C17H21N9O4/c1-10(8-25-9-12(5-20-25)26(29)30)16(27)22-14-7-19-24(4)15(14)17(28)21-13-6-18-23(3)11(13)2/h5-7,9-10H,8H2,1-4H3,(H,21,28)(H,22,27). The molecule has 0 saturated carbocycles. The van der Waals surface area contributed by atoms with Crippen molar-refractivity contribution in [2.45, 2.75) is 20.4 Å². The molecule has 0 aliphatic heterocycles. The second-order valence-corrected chi connectivity index (χ2v) is 6.82. The minimum Gasteiger partial charge on any atom is -0.322 e. The molecule has 0 aliphatic carbocycles. The summed E-state index contributed by atoms with van der Waals surface area (Å²) in [7, 11) is 3.35. The molecule has 3 rings (SSSR count). The summed E-state index contributed by atoms with van der Waals surface area (Å²) in [5.41, 5.74) is 1.60.